The fourth-order valence-corrected chi connectivity index (χ4v) is 0. The molecule has 116 valence electrons. The molecule has 0 saturated carbocycles. The van der Waals surface area contributed by atoms with Crippen LogP contribution in [0.2, 0.25) is 0 Å². The largest absolute Gasteiger partial charge is 0.412 e. The number of hydrogen-bond acceptors (Lipinski definition) is 6. The topological polar surface area (TPSA) is 348 Å². The van der Waals surface area contributed by atoms with Crippen LogP contribution in [0, 0.1) is 71.2 Å². The van der Waals surface area contributed by atoms with Crippen LogP contribution in [0.15, 0.2) is 0 Å². The summed E-state index contributed by atoms with van der Waals surface area (Å²) in [6, 6.07) is 0. The van der Waals surface area contributed by atoms with Gasteiger partial charge in [-0.25, -0.2) is 0 Å². The average Bonchev–Trinajstić information content (AvgIpc) is 1.54. The van der Waals surface area contributed by atoms with E-state index in [-0.39, 0.29) is 68.2 Å². The Bertz CT molecular complexity index is 115. The Balaban J connectivity index is -0.00000000827. The Morgan fingerprint density at radius 3 is 0.556 bits per heavy atom. The minimum atomic E-state index is -1.50. The normalized spacial score (nSPS) is 4.00. The van der Waals surface area contributed by atoms with E-state index in [9.17, 15) is 0 Å². The summed E-state index contributed by atoms with van der Waals surface area (Å²) in [5.41, 5.74) is 0. The zero-order valence-electron chi connectivity index (χ0n) is 8.13. The molecule has 0 fully saturated rings. The van der Waals surface area contributed by atoms with Crippen molar-refractivity contribution in [2.45, 2.75) is 0 Å². The third-order valence-electron chi connectivity index (χ3n) is 0. The molecule has 0 saturated heterocycles. The van der Waals surface area contributed by atoms with Gasteiger partial charge in [0.25, 0.3) is 15.3 Å². The van der Waals surface area contributed by atoms with Crippen molar-refractivity contribution in [3.8, 4) is 0 Å². The van der Waals surface area contributed by atoms with Gasteiger partial charge < -0.3 is 43.0 Å². The maximum absolute atomic E-state index is 8.36. The number of rotatable bonds is 0. The molecule has 0 aliphatic carbocycles. The molecule has 0 aromatic carbocycles. The zero-order valence-corrected chi connectivity index (χ0v) is 11.3. The van der Waals surface area contributed by atoms with Crippen LogP contribution in [-0.4, -0.2) is 58.3 Å². The first-order chi connectivity index (χ1) is 5.20. The Morgan fingerprint density at radius 1 is 0.556 bits per heavy atom. The van der Waals surface area contributed by atoms with E-state index in [4.69, 9.17) is 46.0 Å². The average molecular weight is 423 g/mol. The molecule has 0 radical (unpaired) electrons. The summed E-state index contributed by atoms with van der Waals surface area (Å²) >= 11 is 0. The third-order valence-corrected chi connectivity index (χ3v) is 0. The van der Waals surface area contributed by atoms with Gasteiger partial charge in [0.2, 0.25) is 0 Å². The van der Waals surface area contributed by atoms with E-state index in [0.29, 0.717) is 0 Å². The Kier molecular flexibility index (Phi) is 219. The molecule has 18 heteroatoms. The molecular weight excluding hydrogens is 410 g/mol. The SMILES string of the molecule is O.O.O.O.O.O=[N+]([O-])O.O=[N+]([O-])O.O=[N+]([O-])O.[Nd]. The summed E-state index contributed by atoms with van der Waals surface area (Å²) < 4.78 is 0. The molecule has 13 N–H and O–H groups in total. The first-order valence-corrected chi connectivity index (χ1v) is 1.70. The van der Waals surface area contributed by atoms with Gasteiger partial charge in [0, 0.05) is 40.8 Å². The van der Waals surface area contributed by atoms with Gasteiger partial charge in [0.05, 0.1) is 0 Å². The monoisotopic (exact) mass is 421 g/mol. The maximum atomic E-state index is 8.36. The van der Waals surface area contributed by atoms with Crippen LogP contribution in [0.1, 0.15) is 0 Å². The van der Waals surface area contributed by atoms with Crippen molar-refractivity contribution in [3.63, 3.8) is 0 Å². The van der Waals surface area contributed by atoms with Gasteiger partial charge in [-0.2, -0.15) is 0 Å². The van der Waals surface area contributed by atoms with Crippen LogP contribution < -0.4 is 0 Å². The zero-order chi connectivity index (χ0) is 10.7. The third kappa shape index (κ3) is 1790. The Morgan fingerprint density at radius 2 is 0.556 bits per heavy atom. The van der Waals surface area contributed by atoms with E-state index in [2.05, 4.69) is 0 Å². The minimum Gasteiger partial charge on any atom is -0.412 e. The molecule has 0 bridgehead atoms. The second-order valence-electron chi connectivity index (χ2n) is 0.714. The number of nitrogens with zero attached hydrogens (tertiary/aromatic N) is 3. The molecule has 0 aromatic heterocycles. The predicted molar refractivity (Wildman–Crippen MR) is 44.4 cm³/mol. The quantitative estimate of drug-likeness (QED) is 0.247. The molecule has 0 aliphatic heterocycles. The van der Waals surface area contributed by atoms with Crippen LogP contribution in [0.3, 0.4) is 0 Å². The fraction of sp³-hybridized carbons (Fsp3) is 0. The van der Waals surface area contributed by atoms with E-state index in [0.717, 1.165) is 0 Å². The van der Waals surface area contributed by atoms with Crippen molar-refractivity contribution >= 4 is 0 Å². The van der Waals surface area contributed by atoms with Gasteiger partial charge in [-0.05, 0) is 0 Å². The van der Waals surface area contributed by atoms with E-state index in [1.165, 1.54) is 0 Å². The van der Waals surface area contributed by atoms with Crippen molar-refractivity contribution < 1.29 is 99.1 Å². The van der Waals surface area contributed by atoms with Gasteiger partial charge in [-0.15, -0.1) is 30.3 Å². The minimum absolute atomic E-state index is 0. The van der Waals surface area contributed by atoms with Crippen molar-refractivity contribution in [3.05, 3.63) is 30.3 Å². The summed E-state index contributed by atoms with van der Waals surface area (Å²) in [4.78, 5) is 25.1. The smallest absolute Gasteiger partial charge is 0.291 e. The van der Waals surface area contributed by atoms with Crippen LogP contribution in [0.5, 0.6) is 0 Å². The van der Waals surface area contributed by atoms with Crippen molar-refractivity contribution in [1.29, 1.82) is 0 Å². The standard InChI is InChI=1S/3HNO3.Nd.5H2O/c3*2-1(3)4;;;;;;/h3*(H,2,3,4);;5*1H2. The molecular formula is H13N3NdO14. The predicted octanol–water partition coefficient (Wildman–Crippen LogP) is -5.17. The first-order valence-electron chi connectivity index (χ1n) is 1.70. The van der Waals surface area contributed by atoms with E-state index >= 15 is 0 Å². The van der Waals surface area contributed by atoms with Gasteiger partial charge in [-0.3, -0.25) is 0 Å². The van der Waals surface area contributed by atoms with Crippen LogP contribution in [0.4, 0.5) is 0 Å². The first kappa shape index (κ1) is 69.2. The summed E-state index contributed by atoms with van der Waals surface area (Å²) in [5.74, 6) is 0. The number of hydrogen-bond donors (Lipinski definition) is 3. The van der Waals surface area contributed by atoms with E-state index < -0.39 is 15.3 Å². The van der Waals surface area contributed by atoms with Gasteiger partial charge >= 0.3 is 0 Å². The molecule has 0 heterocycles. The van der Waals surface area contributed by atoms with Crippen LogP contribution >= 0.6 is 0 Å². The Labute approximate surface area is 129 Å². The molecule has 0 aliphatic rings. The molecule has 0 amide bonds. The van der Waals surface area contributed by atoms with Crippen LogP contribution in [-0.2, 0) is 0 Å². The van der Waals surface area contributed by atoms with Crippen LogP contribution in [0.25, 0.3) is 0 Å². The van der Waals surface area contributed by atoms with Crippen molar-refractivity contribution in [1.82, 2.24) is 0 Å². The molecule has 0 spiro atoms. The molecule has 18 heavy (non-hydrogen) atoms. The van der Waals surface area contributed by atoms with Crippen molar-refractivity contribution in [2.24, 2.45) is 0 Å². The fourth-order valence-electron chi connectivity index (χ4n) is 0. The Hall–Kier alpha value is -1.25. The summed E-state index contributed by atoms with van der Waals surface area (Å²) in [6.45, 7) is 0. The molecule has 0 aromatic rings. The summed E-state index contributed by atoms with van der Waals surface area (Å²) in [5, 5.41) is 40.9. The van der Waals surface area contributed by atoms with Gasteiger partial charge in [0.1, 0.15) is 0 Å². The van der Waals surface area contributed by atoms with Gasteiger partial charge in [0.15, 0.2) is 0 Å². The van der Waals surface area contributed by atoms with Gasteiger partial charge in [-0.1, -0.05) is 0 Å². The second kappa shape index (κ2) is 57.0. The van der Waals surface area contributed by atoms with Crippen molar-refractivity contribution in [2.75, 3.05) is 0 Å². The summed E-state index contributed by atoms with van der Waals surface area (Å²) in [7, 11) is 0. The molecule has 0 unspecified atom stereocenters. The molecule has 0 rings (SSSR count). The second-order valence-corrected chi connectivity index (χ2v) is 0.714. The maximum Gasteiger partial charge on any atom is 0.291 e. The summed E-state index contributed by atoms with van der Waals surface area (Å²) in [6.07, 6.45) is 0. The molecule has 0 atom stereocenters. The van der Waals surface area contributed by atoms with E-state index in [1.807, 2.05) is 0 Å². The molecule has 17 nitrogen and oxygen atoms in total. The van der Waals surface area contributed by atoms with E-state index in [1.54, 1.807) is 0 Å².